The number of nitrogens with zero attached hydrogens (tertiary/aromatic N) is 4. The molecule has 23 heavy (non-hydrogen) atoms. The second-order valence-electron chi connectivity index (χ2n) is 5.01. The summed E-state index contributed by atoms with van der Waals surface area (Å²) in [5.74, 6) is -0.869. The minimum Gasteiger partial charge on any atom is -0.480 e. The summed E-state index contributed by atoms with van der Waals surface area (Å²) in [5, 5.41) is 9.70. The molecule has 0 aliphatic heterocycles. The molecule has 8 heteroatoms. The number of benzene rings is 1. The molecule has 7 nitrogen and oxygen atoms in total. The lowest BCUT2D eigenvalue weighted by Crippen LogP contribution is -2.31. The van der Waals surface area contributed by atoms with Gasteiger partial charge in [0.15, 0.2) is 5.82 Å². The summed E-state index contributed by atoms with van der Waals surface area (Å²) < 4.78 is 2.21. The van der Waals surface area contributed by atoms with Gasteiger partial charge >= 0.3 is 5.97 Å². The number of fused-ring (bicyclic) bond motifs is 1. The zero-order valence-electron chi connectivity index (χ0n) is 12.3. The van der Waals surface area contributed by atoms with E-state index in [1.54, 1.807) is 23.3 Å². The molecule has 0 spiro atoms. The van der Waals surface area contributed by atoms with Gasteiger partial charge in [-0.1, -0.05) is 12.1 Å². The van der Waals surface area contributed by atoms with Crippen molar-refractivity contribution in [2.75, 3.05) is 11.9 Å². The second kappa shape index (κ2) is 6.17. The highest BCUT2D eigenvalue weighted by Crippen LogP contribution is 2.22. The number of anilines is 1. The summed E-state index contributed by atoms with van der Waals surface area (Å²) in [6.07, 6.45) is 2.79. The third-order valence-electron chi connectivity index (χ3n) is 3.27. The lowest BCUT2D eigenvalue weighted by Gasteiger charge is -2.16. The Morgan fingerprint density at radius 2 is 2.17 bits per heavy atom. The first-order valence-electron chi connectivity index (χ1n) is 6.87. The Kier molecular flexibility index (Phi) is 4.07. The largest absolute Gasteiger partial charge is 0.480 e. The Balaban J connectivity index is 1.86. The Labute approximate surface area is 135 Å². The molecular weight excluding hydrogens is 316 g/mol. The third kappa shape index (κ3) is 3.21. The fourth-order valence-corrected chi connectivity index (χ4v) is 3.25. The van der Waals surface area contributed by atoms with Crippen LogP contribution >= 0.6 is 11.3 Å². The van der Waals surface area contributed by atoms with Gasteiger partial charge in [-0.2, -0.15) is 0 Å². The number of carboxylic acids is 1. The van der Waals surface area contributed by atoms with Crippen molar-refractivity contribution < 1.29 is 9.90 Å². The average molecular weight is 330 g/mol. The number of hydrogen-bond acceptors (Lipinski definition) is 6. The van der Waals surface area contributed by atoms with Gasteiger partial charge < -0.3 is 10.0 Å². The highest BCUT2D eigenvalue weighted by atomic mass is 32.1. The summed E-state index contributed by atoms with van der Waals surface area (Å²) in [4.78, 5) is 33.4. The number of aliphatic carboxylic acids is 1. The van der Waals surface area contributed by atoms with Crippen LogP contribution in [0.1, 0.15) is 5.01 Å². The molecule has 3 aromatic rings. The van der Waals surface area contributed by atoms with E-state index in [1.807, 2.05) is 24.3 Å². The second-order valence-corrected chi connectivity index (χ2v) is 6.12. The molecule has 0 aliphatic rings. The number of carboxylic acid groups (broad SMARTS) is 1. The van der Waals surface area contributed by atoms with Crippen molar-refractivity contribution in [3.63, 3.8) is 0 Å². The molecular formula is C15H14N4O3S. The van der Waals surface area contributed by atoms with Crippen molar-refractivity contribution in [3.05, 3.63) is 52.0 Å². The molecule has 2 heterocycles. The van der Waals surface area contributed by atoms with Crippen LogP contribution in [-0.2, 0) is 17.9 Å². The topological polar surface area (TPSA) is 88.3 Å². The van der Waals surface area contributed by atoms with Crippen LogP contribution in [0.4, 0.5) is 5.82 Å². The highest BCUT2D eigenvalue weighted by Gasteiger charge is 2.14. The summed E-state index contributed by atoms with van der Waals surface area (Å²) >= 11 is 1.56. The van der Waals surface area contributed by atoms with E-state index in [4.69, 9.17) is 5.11 Å². The van der Waals surface area contributed by atoms with E-state index in [-0.39, 0.29) is 12.4 Å². The first-order chi connectivity index (χ1) is 11.0. The molecule has 1 aromatic carbocycles. The van der Waals surface area contributed by atoms with Gasteiger partial charge in [-0.15, -0.1) is 11.3 Å². The lowest BCUT2D eigenvalue weighted by atomic mass is 10.3. The number of hydrogen-bond donors (Lipinski definition) is 1. The van der Waals surface area contributed by atoms with E-state index in [2.05, 4.69) is 9.97 Å². The van der Waals surface area contributed by atoms with Crippen molar-refractivity contribution in [1.82, 2.24) is 14.5 Å². The molecule has 0 aliphatic carbocycles. The van der Waals surface area contributed by atoms with Gasteiger partial charge in [0.25, 0.3) is 5.56 Å². The molecule has 0 atom stereocenters. The smallest absolute Gasteiger partial charge is 0.323 e. The SMILES string of the molecule is CN(Cc1nc2ccccc2s1)c1nccn(CC(=O)O)c1=O. The molecule has 2 aromatic heterocycles. The Bertz CT molecular complexity index is 885. The number of carbonyl (C=O) groups is 1. The maximum atomic E-state index is 12.3. The standard InChI is InChI=1S/C15H14N4O3S/c1-18(8-12-17-10-4-2-3-5-11(10)23-12)14-15(22)19(7-6-16-14)9-13(20)21/h2-7H,8-9H2,1H3,(H,20,21). The number of aromatic nitrogens is 3. The van der Waals surface area contributed by atoms with Gasteiger partial charge in [0, 0.05) is 19.4 Å². The van der Waals surface area contributed by atoms with Crippen molar-refractivity contribution in [3.8, 4) is 0 Å². The highest BCUT2D eigenvalue weighted by molar-refractivity contribution is 7.18. The summed E-state index contributed by atoms with van der Waals surface area (Å²) in [6, 6.07) is 7.82. The summed E-state index contributed by atoms with van der Waals surface area (Å²) in [7, 11) is 1.74. The van der Waals surface area contributed by atoms with Gasteiger partial charge in [0.05, 0.1) is 16.8 Å². The van der Waals surface area contributed by atoms with E-state index in [1.165, 1.54) is 12.4 Å². The Morgan fingerprint density at radius 3 is 2.91 bits per heavy atom. The molecule has 3 rings (SSSR count). The van der Waals surface area contributed by atoms with Crippen molar-refractivity contribution in [2.45, 2.75) is 13.1 Å². The fourth-order valence-electron chi connectivity index (χ4n) is 2.23. The Morgan fingerprint density at radius 1 is 1.39 bits per heavy atom. The maximum absolute atomic E-state index is 12.3. The van der Waals surface area contributed by atoms with Crippen molar-refractivity contribution >= 4 is 33.3 Å². The van der Waals surface area contributed by atoms with Gasteiger partial charge in [-0.3, -0.25) is 14.2 Å². The first-order valence-corrected chi connectivity index (χ1v) is 7.69. The van der Waals surface area contributed by atoms with E-state index in [0.29, 0.717) is 6.54 Å². The first kappa shape index (κ1) is 15.2. The maximum Gasteiger partial charge on any atom is 0.323 e. The van der Waals surface area contributed by atoms with Crippen LogP contribution in [0, 0.1) is 0 Å². The number of thiazole rings is 1. The van der Waals surface area contributed by atoms with Crippen LogP contribution in [0.25, 0.3) is 10.2 Å². The molecule has 0 fully saturated rings. The van der Waals surface area contributed by atoms with Gasteiger partial charge in [0.2, 0.25) is 0 Å². The molecule has 0 bridgehead atoms. The molecule has 118 valence electrons. The quantitative estimate of drug-likeness (QED) is 0.764. The van der Waals surface area contributed by atoms with E-state index in [9.17, 15) is 9.59 Å². The van der Waals surface area contributed by atoms with Crippen molar-refractivity contribution in [1.29, 1.82) is 0 Å². The monoisotopic (exact) mass is 330 g/mol. The number of rotatable bonds is 5. The average Bonchev–Trinajstić information content (AvgIpc) is 2.91. The van der Waals surface area contributed by atoms with E-state index < -0.39 is 11.5 Å². The van der Waals surface area contributed by atoms with Crippen LogP contribution in [0.15, 0.2) is 41.5 Å². The summed E-state index contributed by atoms with van der Waals surface area (Å²) in [6.45, 7) is 0.0437. The van der Waals surface area contributed by atoms with Crippen molar-refractivity contribution in [2.24, 2.45) is 0 Å². The minimum atomic E-state index is -1.07. The van der Waals surface area contributed by atoms with Crippen LogP contribution < -0.4 is 10.5 Å². The molecule has 0 amide bonds. The van der Waals surface area contributed by atoms with Crippen LogP contribution in [-0.4, -0.2) is 32.7 Å². The zero-order valence-corrected chi connectivity index (χ0v) is 13.2. The zero-order chi connectivity index (χ0) is 16.4. The predicted octanol–water partition coefficient (Wildman–Crippen LogP) is 1.57. The minimum absolute atomic E-state index is 0.202. The van der Waals surface area contributed by atoms with Crippen LogP contribution in [0.2, 0.25) is 0 Å². The molecule has 0 unspecified atom stereocenters. The number of para-hydroxylation sites is 1. The fraction of sp³-hybridized carbons (Fsp3) is 0.200. The lowest BCUT2D eigenvalue weighted by molar-refractivity contribution is -0.137. The molecule has 1 N–H and O–H groups in total. The van der Waals surface area contributed by atoms with Crippen LogP contribution in [0.3, 0.4) is 0 Å². The van der Waals surface area contributed by atoms with E-state index in [0.717, 1.165) is 19.8 Å². The van der Waals surface area contributed by atoms with Gasteiger partial charge in [-0.25, -0.2) is 9.97 Å². The van der Waals surface area contributed by atoms with E-state index >= 15 is 0 Å². The van der Waals surface area contributed by atoms with Gasteiger partial charge in [0.1, 0.15) is 11.6 Å². The summed E-state index contributed by atoms with van der Waals surface area (Å²) in [5.41, 5.74) is 0.490. The molecule has 0 saturated heterocycles. The normalized spacial score (nSPS) is 10.8. The van der Waals surface area contributed by atoms with Gasteiger partial charge in [-0.05, 0) is 12.1 Å². The molecule has 0 saturated carbocycles. The molecule has 0 radical (unpaired) electrons. The van der Waals surface area contributed by atoms with Crippen LogP contribution in [0.5, 0.6) is 0 Å². The predicted molar refractivity (Wildman–Crippen MR) is 87.9 cm³/mol. The Hall–Kier alpha value is -2.74. The third-order valence-corrected chi connectivity index (χ3v) is 4.29.